The summed E-state index contributed by atoms with van der Waals surface area (Å²) in [4.78, 5) is 0. The van der Waals surface area contributed by atoms with Crippen LogP contribution < -0.4 is 5.73 Å². The van der Waals surface area contributed by atoms with Gasteiger partial charge in [0.2, 0.25) is 0 Å². The number of fused-ring (bicyclic) bond motifs is 1. The van der Waals surface area contributed by atoms with Gasteiger partial charge in [-0.15, -0.1) is 0 Å². The Hall–Kier alpha value is -0.0400. The van der Waals surface area contributed by atoms with Gasteiger partial charge in [-0.3, -0.25) is 0 Å². The van der Waals surface area contributed by atoms with Crippen LogP contribution in [0.15, 0.2) is 0 Å². The average molecular weight is 153 g/mol. The quantitative estimate of drug-likeness (QED) is 0.566. The molecule has 0 heterocycles. The van der Waals surface area contributed by atoms with Crippen LogP contribution in [0.5, 0.6) is 0 Å². The van der Waals surface area contributed by atoms with Crippen molar-refractivity contribution < 1.29 is 0 Å². The third-order valence-electron chi connectivity index (χ3n) is 3.96. The lowest BCUT2D eigenvalue weighted by atomic mass is 9.87. The Bertz CT molecular complexity index is 155. The first kappa shape index (κ1) is 7.60. The predicted molar refractivity (Wildman–Crippen MR) is 47.1 cm³/mol. The number of nitrogens with two attached hydrogens (primary N) is 1. The van der Waals surface area contributed by atoms with Crippen molar-refractivity contribution in [2.75, 3.05) is 0 Å². The molecular formula is C10H19N. The van der Waals surface area contributed by atoms with E-state index in [2.05, 4.69) is 13.8 Å². The molecule has 11 heavy (non-hydrogen) atoms. The molecule has 1 heteroatoms. The lowest BCUT2D eigenvalue weighted by Crippen LogP contribution is -2.25. The van der Waals surface area contributed by atoms with Crippen molar-refractivity contribution in [2.24, 2.45) is 29.4 Å². The molecule has 0 aromatic carbocycles. The first-order valence-corrected chi connectivity index (χ1v) is 4.95. The van der Waals surface area contributed by atoms with Crippen molar-refractivity contribution in [3.63, 3.8) is 0 Å². The summed E-state index contributed by atoms with van der Waals surface area (Å²) in [6, 6.07) is 0.528. The van der Waals surface area contributed by atoms with Gasteiger partial charge in [0.25, 0.3) is 0 Å². The highest BCUT2D eigenvalue weighted by molar-refractivity contribution is 4.97. The summed E-state index contributed by atoms with van der Waals surface area (Å²) in [5.41, 5.74) is 6.07. The lowest BCUT2D eigenvalue weighted by molar-refractivity contribution is 0.299. The highest BCUT2D eigenvalue weighted by Crippen LogP contribution is 2.49. The summed E-state index contributed by atoms with van der Waals surface area (Å²) in [7, 11) is 0. The largest absolute Gasteiger partial charge is 0.327 e. The van der Waals surface area contributed by atoms with E-state index in [0.717, 1.165) is 23.7 Å². The second-order valence-corrected chi connectivity index (χ2v) is 4.67. The Morgan fingerprint density at radius 3 is 2.45 bits per heavy atom. The Labute approximate surface area is 69.4 Å². The van der Waals surface area contributed by atoms with Crippen LogP contribution in [0.4, 0.5) is 0 Å². The van der Waals surface area contributed by atoms with E-state index in [1.807, 2.05) is 0 Å². The first-order chi connectivity index (χ1) is 5.20. The van der Waals surface area contributed by atoms with Gasteiger partial charge in [0.15, 0.2) is 0 Å². The fourth-order valence-electron chi connectivity index (χ4n) is 3.51. The minimum absolute atomic E-state index is 0.528. The van der Waals surface area contributed by atoms with Gasteiger partial charge in [-0.25, -0.2) is 0 Å². The van der Waals surface area contributed by atoms with Gasteiger partial charge in [-0.05, 0) is 36.5 Å². The third kappa shape index (κ3) is 1.01. The van der Waals surface area contributed by atoms with Crippen LogP contribution in [0.1, 0.15) is 33.1 Å². The Balaban J connectivity index is 2.15. The Morgan fingerprint density at radius 2 is 1.82 bits per heavy atom. The predicted octanol–water partition coefficient (Wildman–Crippen LogP) is 2.02. The molecular weight excluding hydrogens is 134 g/mol. The van der Waals surface area contributed by atoms with E-state index in [1.165, 1.54) is 19.3 Å². The Kier molecular flexibility index (Phi) is 1.71. The first-order valence-electron chi connectivity index (χ1n) is 4.95. The standard InChI is InChI=1S/C10H19N/c1-6-3-4-8-9(11)5-7(2)10(6)8/h6-10H,3-5,11H2,1-2H3. The normalized spacial score (nSPS) is 56.5. The lowest BCUT2D eigenvalue weighted by Gasteiger charge is -2.19. The molecule has 0 saturated heterocycles. The molecule has 0 aromatic rings. The molecule has 5 unspecified atom stereocenters. The van der Waals surface area contributed by atoms with E-state index in [4.69, 9.17) is 5.73 Å². The van der Waals surface area contributed by atoms with Crippen LogP contribution in [-0.2, 0) is 0 Å². The van der Waals surface area contributed by atoms with E-state index >= 15 is 0 Å². The summed E-state index contributed by atoms with van der Waals surface area (Å²) in [5, 5.41) is 0. The van der Waals surface area contributed by atoms with Crippen molar-refractivity contribution in [2.45, 2.75) is 39.2 Å². The maximum Gasteiger partial charge on any atom is 0.00726 e. The van der Waals surface area contributed by atoms with Crippen LogP contribution in [0, 0.1) is 23.7 Å². The van der Waals surface area contributed by atoms with Crippen molar-refractivity contribution in [3.8, 4) is 0 Å². The van der Waals surface area contributed by atoms with E-state index in [-0.39, 0.29) is 0 Å². The zero-order chi connectivity index (χ0) is 8.01. The van der Waals surface area contributed by atoms with Gasteiger partial charge in [0.1, 0.15) is 0 Å². The molecule has 0 aromatic heterocycles. The maximum atomic E-state index is 6.07. The second-order valence-electron chi connectivity index (χ2n) is 4.67. The van der Waals surface area contributed by atoms with Gasteiger partial charge < -0.3 is 5.73 Å². The molecule has 2 aliphatic carbocycles. The summed E-state index contributed by atoms with van der Waals surface area (Å²) in [6.07, 6.45) is 4.10. The summed E-state index contributed by atoms with van der Waals surface area (Å²) in [6.45, 7) is 4.78. The molecule has 0 bridgehead atoms. The van der Waals surface area contributed by atoms with Gasteiger partial charge in [-0.2, -0.15) is 0 Å². The number of rotatable bonds is 0. The second kappa shape index (κ2) is 2.48. The highest BCUT2D eigenvalue weighted by Gasteiger charge is 2.45. The topological polar surface area (TPSA) is 26.0 Å². The average Bonchev–Trinajstić information content (AvgIpc) is 2.41. The van der Waals surface area contributed by atoms with Crippen LogP contribution in [0.25, 0.3) is 0 Å². The smallest absolute Gasteiger partial charge is 0.00726 e. The van der Waals surface area contributed by atoms with E-state index in [9.17, 15) is 0 Å². The third-order valence-corrected chi connectivity index (χ3v) is 3.96. The van der Waals surface area contributed by atoms with Crippen molar-refractivity contribution in [1.82, 2.24) is 0 Å². The molecule has 2 saturated carbocycles. The van der Waals surface area contributed by atoms with Crippen molar-refractivity contribution in [3.05, 3.63) is 0 Å². The van der Waals surface area contributed by atoms with Crippen LogP contribution in [-0.4, -0.2) is 6.04 Å². The molecule has 5 atom stereocenters. The van der Waals surface area contributed by atoms with Crippen LogP contribution in [0.2, 0.25) is 0 Å². The Morgan fingerprint density at radius 1 is 1.09 bits per heavy atom. The molecule has 1 nitrogen and oxygen atoms in total. The zero-order valence-electron chi connectivity index (χ0n) is 7.59. The minimum Gasteiger partial charge on any atom is -0.327 e. The van der Waals surface area contributed by atoms with Gasteiger partial charge in [0, 0.05) is 6.04 Å². The molecule has 0 radical (unpaired) electrons. The molecule has 2 N–H and O–H groups in total. The molecule has 0 aliphatic heterocycles. The van der Waals surface area contributed by atoms with Crippen LogP contribution in [0.3, 0.4) is 0 Å². The van der Waals surface area contributed by atoms with Gasteiger partial charge >= 0.3 is 0 Å². The summed E-state index contributed by atoms with van der Waals surface area (Å²) >= 11 is 0. The van der Waals surface area contributed by atoms with E-state index in [1.54, 1.807) is 0 Å². The van der Waals surface area contributed by atoms with Crippen molar-refractivity contribution in [1.29, 1.82) is 0 Å². The monoisotopic (exact) mass is 153 g/mol. The molecule has 0 amide bonds. The number of hydrogen-bond donors (Lipinski definition) is 1. The summed E-state index contributed by atoms with van der Waals surface area (Å²) < 4.78 is 0. The molecule has 2 aliphatic rings. The molecule has 2 fully saturated rings. The number of hydrogen-bond acceptors (Lipinski definition) is 1. The van der Waals surface area contributed by atoms with E-state index < -0.39 is 0 Å². The van der Waals surface area contributed by atoms with Crippen LogP contribution >= 0.6 is 0 Å². The molecule has 64 valence electrons. The zero-order valence-corrected chi connectivity index (χ0v) is 7.59. The highest BCUT2D eigenvalue weighted by atomic mass is 14.7. The SMILES string of the molecule is CC1CCC2C(N)CC(C)C12. The van der Waals surface area contributed by atoms with Gasteiger partial charge in [-0.1, -0.05) is 20.3 Å². The fourth-order valence-corrected chi connectivity index (χ4v) is 3.51. The maximum absolute atomic E-state index is 6.07. The van der Waals surface area contributed by atoms with Gasteiger partial charge in [0.05, 0.1) is 0 Å². The summed E-state index contributed by atoms with van der Waals surface area (Å²) in [5.74, 6) is 3.68. The minimum atomic E-state index is 0.528. The fraction of sp³-hybridized carbons (Fsp3) is 1.00. The van der Waals surface area contributed by atoms with E-state index in [0.29, 0.717) is 6.04 Å². The van der Waals surface area contributed by atoms with Crippen molar-refractivity contribution >= 4 is 0 Å². The molecule has 0 spiro atoms. The molecule has 2 rings (SSSR count).